The Bertz CT molecular complexity index is 605. The van der Waals surface area contributed by atoms with Gasteiger partial charge in [-0.1, -0.05) is 6.07 Å². The van der Waals surface area contributed by atoms with Gasteiger partial charge >= 0.3 is 0 Å². The molecule has 0 saturated heterocycles. The van der Waals surface area contributed by atoms with E-state index in [-0.39, 0.29) is 0 Å². The lowest BCUT2D eigenvalue weighted by atomic mass is 10.0. The molecular weight excluding hydrogens is 294 g/mol. The maximum atomic E-state index is 5.83. The Morgan fingerprint density at radius 3 is 2.50 bits per heavy atom. The predicted octanol–water partition coefficient (Wildman–Crippen LogP) is 3.06. The van der Waals surface area contributed by atoms with Gasteiger partial charge in [0, 0.05) is 12.6 Å². The maximum absolute atomic E-state index is 5.83. The van der Waals surface area contributed by atoms with Crippen LogP contribution in [0, 0.1) is 13.8 Å². The van der Waals surface area contributed by atoms with Gasteiger partial charge < -0.3 is 15.0 Å². The van der Waals surface area contributed by atoms with Crippen LogP contribution in [0.5, 0.6) is 5.75 Å². The average molecular weight is 310 g/mol. The average Bonchev–Trinajstić information content (AvgIpc) is 2.56. The van der Waals surface area contributed by atoms with E-state index in [1.54, 1.807) is 11.7 Å². The van der Waals surface area contributed by atoms with E-state index in [2.05, 4.69) is 27.0 Å². The van der Waals surface area contributed by atoms with Crippen molar-refractivity contribution in [2.75, 3.05) is 12.8 Å². The number of imidazole rings is 1. The molecule has 5 heteroatoms. The van der Waals surface area contributed by atoms with Crippen LogP contribution in [0.1, 0.15) is 11.1 Å². The molecule has 18 heavy (non-hydrogen) atoms. The van der Waals surface area contributed by atoms with E-state index in [1.807, 2.05) is 27.0 Å². The number of nitrogens with two attached hydrogens (primary N) is 1. The third kappa shape index (κ3) is 1.99. The van der Waals surface area contributed by atoms with Crippen molar-refractivity contribution >= 4 is 21.9 Å². The van der Waals surface area contributed by atoms with Gasteiger partial charge in [-0.05, 0) is 47.0 Å². The summed E-state index contributed by atoms with van der Waals surface area (Å²) < 4.78 is 8.11. The Balaban J connectivity index is 2.74. The Labute approximate surface area is 115 Å². The van der Waals surface area contributed by atoms with Crippen molar-refractivity contribution in [3.63, 3.8) is 0 Å². The van der Waals surface area contributed by atoms with Gasteiger partial charge in [-0.2, -0.15) is 0 Å². The van der Waals surface area contributed by atoms with Crippen molar-refractivity contribution in [3.05, 3.63) is 27.9 Å². The van der Waals surface area contributed by atoms with E-state index in [4.69, 9.17) is 10.5 Å². The topological polar surface area (TPSA) is 53.1 Å². The number of ether oxygens (including phenoxy) is 1. The lowest BCUT2D eigenvalue weighted by Crippen LogP contribution is -1.96. The monoisotopic (exact) mass is 309 g/mol. The first-order valence-corrected chi connectivity index (χ1v) is 6.38. The van der Waals surface area contributed by atoms with Crippen LogP contribution in [-0.4, -0.2) is 16.7 Å². The standard InChI is InChI=1S/C13H16BrN3O/c1-7-5-8(2)10(9(6-7)18-4)11-12(14)17(3)13(15)16-11/h5-6H,1-4H3,(H2,15,16). The van der Waals surface area contributed by atoms with Crippen LogP contribution in [0.4, 0.5) is 5.95 Å². The third-order valence-corrected chi connectivity index (χ3v) is 3.87. The summed E-state index contributed by atoms with van der Waals surface area (Å²) in [6.45, 7) is 4.09. The van der Waals surface area contributed by atoms with Gasteiger partial charge in [0.15, 0.2) is 0 Å². The Morgan fingerprint density at radius 2 is 2.00 bits per heavy atom. The normalized spacial score (nSPS) is 10.7. The number of aryl methyl sites for hydroxylation is 2. The van der Waals surface area contributed by atoms with Crippen LogP contribution >= 0.6 is 15.9 Å². The third-order valence-electron chi connectivity index (χ3n) is 2.96. The van der Waals surface area contributed by atoms with Crippen LogP contribution in [-0.2, 0) is 7.05 Å². The summed E-state index contributed by atoms with van der Waals surface area (Å²) in [5.74, 6) is 1.28. The van der Waals surface area contributed by atoms with E-state index in [1.165, 1.54) is 0 Å². The molecule has 0 radical (unpaired) electrons. The molecule has 0 fully saturated rings. The predicted molar refractivity (Wildman–Crippen MR) is 76.8 cm³/mol. The largest absolute Gasteiger partial charge is 0.496 e. The zero-order valence-corrected chi connectivity index (χ0v) is 12.5. The molecule has 2 aromatic rings. The number of nitrogen functional groups attached to an aromatic ring is 1. The number of anilines is 1. The first-order valence-electron chi connectivity index (χ1n) is 5.59. The zero-order valence-electron chi connectivity index (χ0n) is 10.9. The summed E-state index contributed by atoms with van der Waals surface area (Å²) in [5.41, 5.74) is 9.89. The second-order valence-corrected chi connectivity index (χ2v) is 5.08. The molecule has 96 valence electrons. The van der Waals surface area contributed by atoms with Gasteiger partial charge in [0.05, 0.1) is 7.11 Å². The molecule has 4 nitrogen and oxygen atoms in total. The van der Waals surface area contributed by atoms with E-state index in [9.17, 15) is 0 Å². The second kappa shape index (κ2) is 4.65. The molecule has 0 atom stereocenters. The number of hydrogen-bond acceptors (Lipinski definition) is 3. The Morgan fingerprint density at radius 1 is 1.33 bits per heavy atom. The molecule has 0 amide bonds. The van der Waals surface area contributed by atoms with Crippen LogP contribution in [0.25, 0.3) is 11.3 Å². The summed E-state index contributed by atoms with van der Waals surface area (Å²) in [5, 5.41) is 0. The summed E-state index contributed by atoms with van der Waals surface area (Å²) in [4.78, 5) is 4.39. The first-order chi connectivity index (χ1) is 8.45. The Hall–Kier alpha value is -1.49. The van der Waals surface area contributed by atoms with Crippen molar-refractivity contribution in [3.8, 4) is 17.0 Å². The minimum atomic E-state index is 0.471. The van der Waals surface area contributed by atoms with Gasteiger partial charge in [-0.15, -0.1) is 0 Å². The SMILES string of the molecule is COc1cc(C)cc(C)c1-c1nc(N)n(C)c1Br. The van der Waals surface area contributed by atoms with Gasteiger partial charge in [-0.25, -0.2) is 4.98 Å². The number of benzene rings is 1. The smallest absolute Gasteiger partial charge is 0.201 e. The fraction of sp³-hybridized carbons (Fsp3) is 0.308. The molecule has 0 spiro atoms. The van der Waals surface area contributed by atoms with Crippen LogP contribution < -0.4 is 10.5 Å². The number of rotatable bonds is 2. The van der Waals surface area contributed by atoms with Gasteiger partial charge in [0.1, 0.15) is 16.0 Å². The van der Waals surface area contributed by atoms with Crippen LogP contribution in [0.15, 0.2) is 16.7 Å². The molecule has 0 bridgehead atoms. The van der Waals surface area contributed by atoms with Crippen molar-refractivity contribution in [1.29, 1.82) is 0 Å². The fourth-order valence-electron chi connectivity index (χ4n) is 2.05. The molecule has 0 aliphatic heterocycles. The van der Waals surface area contributed by atoms with Crippen LogP contribution in [0.2, 0.25) is 0 Å². The molecule has 0 saturated carbocycles. The number of aromatic nitrogens is 2. The molecule has 1 aromatic carbocycles. The Kier molecular flexibility index (Phi) is 3.34. The van der Waals surface area contributed by atoms with Gasteiger partial charge in [0.2, 0.25) is 5.95 Å². The van der Waals surface area contributed by atoms with Crippen molar-refractivity contribution < 1.29 is 4.74 Å². The van der Waals surface area contributed by atoms with Gasteiger partial charge in [0.25, 0.3) is 0 Å². The fourth-order valence-corrected chi connectivity index (χ4v) is 2.52. The number of methoxy groups -OCH3 is 1. The first kappa shape index (κ1) is 13.0. The summed E-state index contributed by atoms with van der Waals surface area (Å²) in [6.07, 6.45) is 0. The molecule has 0 aliphatic rings. The van der Waals surface area contributed by atoms with E-state index < -0.39 is 0 Å². The molecule has 2 N–H and O–H groups in total. The quantitative estimate of drug-likeness (QED) is 0.927. The minimum Gasteiger partial charge on any atom is -0.496 e. The van der Waals surface area contributed by atoms with E-state index in [0.717, 1.165) is 32.7 Å². The summed E-state index contributed by atoms with van der Waals surface area (Å²) in [7, 11) is 3.53. The van der Waals surface area contributed by atoms with Crippen molar-refractivity contribution in [2.45, 2.75) is 13.8 Å². The highest BCUT2D eigenvalue weighted by atomic mass is 79.9. The minimum absolute atomic E-state index is 0.471. The number of halogens is 1. The zero-order chi connectivity index (χ0) is 13.4. The van der Waals surface area contributed by atoms with E-state index >= 15 is 0 Å². The molecule has 1 aromatic heterocycles. The molecule has 1 heterocycles. The van der Waals surface area contributed by atoms with Crippen LogP contribution in [0.3, 0.4) is 0 Å². The highest BCUT2D eigenvalue weighted by Crippen LogP contribution is 2.38. The summed E-state index contributed by atoms with van der Waals surface area (Å²) in [6, 6.07) is 4.11. The summed E-state index contributed by atoms with van der Waals surface area (Å²) >= 11 is 3.52. The maximum Gasteiger partial charge on any atom is 0.201 e. The molecule has 0 unspecified atom stereocenters. The second-order valence-electron chi connectivity index (χ2n) is 4.33. The lowest BCUT2D eigenvalue weighted by Gasteiger charge is -2.11. The van der Waals surface area contributed by atoms with E-state index in [0.29, 0.717) is 5.95 Å². The van der Waals surface area contributed by atoms with Crippen molar-refractivity contribution in [1.82, 2.24) is 9.55 Å². The molecule has 2 rings (SSSR count). The number of hydrogen-bond donors (Lipinski definition) is 1. The van der Waals surface area contributed by atoms with Gasteiger partial charge in [-0.3, -0.25) is 0 Å². The molecule has 0 aliphatic carbocycles. The highest BCUT2D eigenvalue weighted by molar-refractivity contribution is 9.10. The van der Waals surface area contributed by atoms with Crippen molar-refractivity contribution in [2.24, 2.45) is 7.05 Å². The lowest BCUT2D eigenvalue weighted by molar-refractivity contribution is 0.415. The molecular formula is C13H16BrN3O. The number of nitrogens with zero attached hydrogens (tertiary/aromatic N) is 2. The highest BCUT2D eigenvalue weighted by Gasteiger charge is 2.18.